The van der Waals surface area contributed by atoms with Crippen molar-refractivity contribution in [1.82, 2.24) is 0 Å². The van der Waals surface area contributed by atoms with Crippen molar-refractivity contribution in [3.63, 3.8) is 0 Å². The molecule has 2 nitrogen and oxygen atoms in total. The molecule has 2 aliphatic rings. The Morgan fingerprint density at radius 2 is 1.06 bits per heavy atom. The SMILES string of the molecule is Clc1ccc(C2(c3ccc(Cl)cc3)c3ccccc3-c3c2ccc2c3Oc3ccccc3O2)cc1. The average Bonchev–Trinajstić information content (AvgIpc) is 3.20. The summed E-state index contributed by atoms with van der Waals surface area (Å²) in [7, 11) is 0. The number of para-hydroxylation sites is 2. The van der Waals surface area contributed by atoms with Crippen molar-refractivity contribution in [3.8, 4) is 34.1 Å². The Labute approximate surface area is 213 Å². The van der Waals surface area contributed by atoms with Gasteiger partial charge in [0.2, 0.25) is 0 Å². The van der Waals surface area contributed by atoms with Gasteiger partial charge in [-0.25, -0.2) is 0 Å². The number of benzene rings is 5. The van der Waals surface area contributed by atoms with E-state index in [1.807, 2.05) is 54.6 Å². The molecule has 0 saturated heterocycles. The Morgan fingerprint density at radius 3 is 1.71 bits per heavy atom. The van der Waals surface area contributed by atoms with Gasteiger partial charge in [-0.2, -0.15) is 0 Å². The Balaban J connectivity index is 1.59. The van der Waals surface area contributed by atoms with E-state index in [2.05, 4.69) is 54.6 Å². The summed E-state index contributed by atoms with van der Waals surface area (Å²) in [6.07, 6.45) is 0. The number of fused-ring (bicyclic) bond motifs is 6. The zero-order chi connectivity index (χ0) is 23.6. The molecule has 1 aliphatic heterocycles. The van der Waals surface area contributed by atoms with Crippen LogP contribution in [0.25, 0.3) is 11.1 Å². The quantitative estimate of drug-likeness (QED) is 0.239. The molecule has 0 N–H and O–H groups in total. The van der Waals surface area contributed by atoms with Gasteiger partial charge >= 0.3 is 0 Å². The Hall–Kier alpha value is -3.72. The summed E-state index contributed by atoms with van der Waals surface area (Å²) in [5.41, 5.74) is 6.13. The summed E-state index contributed by atoms with van der Waals surface area (Å²) in [6, 6.07) is 36.7. The Kier molecular flexibility index (Phi) is 4.51. The van der Waals surface area contributed by atoms with Gasteiger partial charge in [-0.1, -0.05) is 89.9 Å². The number of rotatable bonds is 2. The summed E-state index contributed by atoms with van der Waals surface area (Å²) in [6.45, 7) is 0. The van der Waals surface area contributed by atoms with Crippen molar-refractivity contribution in [2.45, 2.75) is 5.41 Å². The van der Waals surface area contributed by atoms with E-state index >= 15 is 0 Å². The second kappa shape index (κ2) is 7.64. The first kappa shape index (κ1) is 20.6. The van der Waals surface area contributed by atoms with Crippen molar-refractivity contribution < 1.29 is 9.47 Å². The van der Waals surface area contributed by atoms with Crippen molar-refractivity contribution in [2.24, 2.45) is 0 Å². The molecule has 35 heavy (non-hydrogen) atoms. The van der Waals surface area contributed by atoms with Gasteiger partial charge < -0.3 is 9.47 Å². The molecule has 0 saturated carbocycles. The molecule has 0 atom stereocenters. The van der Waals surface area contributed by atoms with Crippen LogP contribution in [-0.2, 0) is 5.41 Å². The fourth-order valence-corrected chi connectivity index (χ4v) is 5.79. The third-order valence-corrected chi connectivity index (χ3v) is 7.47. The van der Waals surface area contributed by atoms with Crippen LogP contribution in [0.4, 0.5) is 0 Å². The normalized spacial score (nSPS) is 14.1. The minimum Gasteiger partial charge on any atom is -0.449 e. The fourth-order valence-electron chi connectivity index (χ4n) is 5.53. The van der Waals surface area contributed by atoms with E-state index in [1.54, 1.807) is 0 Å². The van der Waals surface area contributed by atoms with Gasteiger partial charge in [-0.3, -0.25) is 0 Å². The van der Waals surface area contributed by atoms with E-state index < -0.39 is 5.41 Å². The van der Waals surface area contributed by atoms with Gasteiger partial charge in [0.05, 0.1) is 5.41 Å². The molecule has 7 rings (SSSR count). The van der Waals surface area contributed by atoms with Gasteiger partial charge in [0.25, 0.3) is 0 Å². The highest BCUT2D eigenvalue weighted by Gasteiger charge is 2.48. The number of hydrogen-bond donors (Lipinski definition) is 0. The van der Waals surface area contributed by atoms with Crippen LogP contribution in [0, 0.1) is 0 Å². The lowest BCUT2D eigenvalue weighted by Crippen LogP contribution is -2.28. The monoisotopic (exact) mass is 492 g/mol. The topological polar surface area (TPSA) is 18.5 Å². The van der Waals surface area contributed by atoms with Crippen LogP contribution in [0.3, 0.4) is 0 Å². The number of halogens is 2. The lowest BCUT2D eigenvalue weighted by molar-refractivity contribution is 0.360. The van der Waals surface area contributed by atoms with E-state index in [0.717, 1.165) is 33.6 Å². The van der Waals surface area contributed by atoms with Crippen LogP contribution in [0.5, 0.6) is 23.0 Å². The van der Waals surface area contributed by atoms with E-state index in [4.69, 9.17) is 32.7 Å². The molecule has 0 spiro atoms. The lowest BCUT2D eigenvalue weighted by atomic mass is 9.68. The summed E-state index contributed by atoms with van der Waals surface area (Å²) in [4.78, 5) is 0. The Morgan fingerprint density at radius 1 is 0.486 bits per heavy atom. The highest BCUT2D eigenvalue weighted by atomic mass is 35.5. The van der Waals surface area contributed by atoms with Crippen LogP contribution >= 0.6 is 23.2 Å². The lowest BCUT2D eigenvalue weighted by Gasteiger charge is -2.34. The zero-order valence-corrected chi connectivity index (χ0v) is 20.0. The van der Waals surface area contributed by atoms with Crippen molar-refractivity contribution in [1.29, 1.82) is 0 Å². The minimum absolute atomic E-state index is 0.573. The van der Waals surface area contributed by atoms with Crippen LogP contribution in [0.15, 0.2) is 109 Å². The second-order valence-electron chi connectivity index (χ2n) is 8.78. The molecule has 0 unspecified atom stereocenters. The van der Waals surface area contributed by atoms with Crippen LogP contribution in [-0.4, -0.2) is 0 Å². The largest absolute Gasteiger partial charge is 0.449 e. The summed E-state index contributed by atoms with van der Waals surface area (Å²) >= 11 is 12.6. The molecule has 1 heterocycles. The first-order valence-corrected chi connectivity index (χ1v) is 12.2. The van der Waals surface area contributed by atoms with Gasteiger partial charge in [-0.05, 0) is 70.3 Å². The molecule has 168 valence electrons. The summed E-state index contributed by atoms with van der Waals surface area (Å²) in [5.74, 6) is 2.87. The number of ether oxygens (including phenoxy) is 2. The van der Waals surface area contributed by atoms with Crippen LogP contribution in [0.2, 0.25) is 10.0 Å². The van der Waals surface area contributed by atoms with Crippen LogP contribution in [0.1, 0.15) is 22.3 Å². The second-order valence-corrected chi connectivity index (χ2v) is 9.65. The molecule has 4 heteroatoms. The molecule has 0 aromatic heterocycles. The minimum atomic E-state index is -0.573. The Bertz CT molecular complexity index is 1560. The molecular weight excluding hydrogens is 475 g/mol. The molecule has 0 radical (unpaired) electrons. The standard InChI is InChI=1S/C31H18Cl2O2/c32-21-13-9-19(10-14-21)31(20-11-15-22(33)16-12-20)24-6-2-1-5-23(24)29-25(31)17-18-28-30(29)35-27-8-4-3-7-26(27)34-28/h1-18H. The molecule has 5 aromatic rings. The maximum atomic E-state index is 6.51. The molecule has 1 aliphatic carbocycles. The third kappa shape index (κ3) is 2.91. The van der Waals surface area contributed by atoms with E-state index in [1.165, 1.54) is 5.56 Å². The first-order valence-electron chi connectivity index (χ1n) is 11.4. The summed E-state index contributed by atoms with van der Waals surface area (Å²) in [5, 5.41) is 1.40. The maximum Gasteiger partial charge on any atom is 0.178 e. The van der Waals surface area contributed by atoms with Crippen LogP contribution < -0.4 is 9.47 Å². The fraction of sp³-hybridized carbons (Fsp3) is 0.0323. The molecule has 0 amide bonds. The van der Waals surface area contributed by atoms with Gasteiger partial charge in [0.15, 0.2) is 23.0 Å². The molecular formula is C31H18Cl2O2. The van der Waals surface area contributed by atoms with Crippen molar-refractivity contribution in [2.75, 3.05) is 0 Å². The zero-order valence-electron chi connectivity index (χ0n) is 18.5. The molecule has 0 fully saturated rings. The van der Waals surface area contributed by atoms with Gasteiger partial charge in [-0.15, -0.1) is 0 Å². The molecule has 0 bridgehead atoms. The van der Waals surface area contributed by atoms with Gasteiger partial charge in [0.1, 0.15) is 0 Å². The predicted molar refractivity (Wildman–Crippen MR) is 140 cm³/mol. The smallest absolute Gasteiger partial charge is 0.178 e. The third-order valence-electron chi connectivity index (χ3n) is 6.96. The maximum absolute atomic E-state index is 6.51. The highest BCUT2D eigenvalue weighted by molar-refractivity contribution is 6.30. The predicted octanol–water partition coefficient (Wildman–Crippen LogP) is 9.25. The average molecular weight is 493 g/mol. The van der Waals surface area contributed by atoms with Gasteiger partial charge in [0, 0.05) is 15.6 Å². The van der Waals surface area contributed by atoms with E-state index in [0.29, 0.717) is 27.3 Å². The number of hydrogen-bond acceptors (Lipinski definition) is 2. The van der Waals surface area contributed by atoms with Crippen molar-refractivity contribution in [3.05, 3.63) is 141 Å². The first-order chi connectivity index (χ1) is 17.2. The van der Waals surface area contributed by atoms with Crippen molar-refractivity contribution >= 4 is 23.2 Å². The van der Waals surface area contributed by atoms with E-state index in [9.17, 15) is 0 Å². The van der Waals surface area contributed by atoms with E-state index in [-0.39, 0.29) is 0 Å². The highest BCUT2D eigenvalue weighted by Crippen LogP contribution is 2.62. The molecule has 5 aromatic carbocycles. The summed E-state index contributed by atoms with van der Waals surface area (Å²) < 4.78 is 12.8.